The summed E-state index contributed by atoms with van der Waals surface area (Å²) in [5.74, 6) is 1.41. The third-order valence-electron chi connectivity index (χ3n) is 1.98. The van der Waals surface area contributed by atoms with Gasteiger partial charge in [-0.15, -0.1) is 11.8 Å². The molecule has 14 heavy (non-hydrogen) atoms. The summed E-state index contributed by atoms with van der Waals surface area (Å²) in [6.45, 7) is 1.13. The van der Waals surface area contributed by atoms with E-state index in [2.05, 4.69) is 6.07 Å². The molecule has 0 bridgehead atoms. The van der Waals surface area contributed by atoms with Crippen LogP contribution < -0.4 is 9.47 Å². The predicted octanol–water partition coefficient (Wildman–Crippen LogP) is 2.05. The third kappa shape index (κ3) is 1.51. The quantitative estimate of drug-likeness (QED) is 0.661. The molecule has 1 aromatic rings. The summed E-state index contributed by atoms with van der Waals surface area (Å²) in [7, 11) is 0. The van der Waals surface area contributed by atoms with Crippen LogP contribution in [0.3, 0.4) is 0 Å². The molecule has 0 radical (unpaired) electrons. The number of thioether (sulfide) groups is 1. The Bertz CT molecular complexity index is 398. The van der Waals surface area contributed by atoms with Crippen molar-refractivity contribution < 1.29 is 9.47 Å². The normalized spacial score (nSPS) is 13.4. The van der Waals surface area contributed by atoms with E-state index in [1.54, 1.807) is 6.07 Å². The molecule has 4 heteroatoms. The van der Waals surface area contributed by atoms with Crippen molar-refractivity contribution in [3.05, 3.63) is 17.7 Å². The Morgan fingerprint density at radius 3 is 2.50 bits per heavy atom. The monoisotopic (exact) mass is 207 g/mol. The zero-order valence-corrected chi connectivity index (χ0v) is 8.56. The summed E-state index contributed by atoms with van der Waals surface area (Å²) in [5.41, 5.74) is 0.641. The molecule has 1 aromatic carbocycles. The van der Waals surface area contributed by atoms with Gasteiger partial charge in [0, 0.05) is 11.0 Å². The SMILES string of the molecule is CSc1cc2c(cc1C#N)OCCO2. The van der Waals surface area contributed by atoms with Crippen molar-refractivity contribution in [3.63, 3.8) is 0 Å². The molecule has 72 valence electrons. The molecule has 0 spiro atoms. The molecule has 1 aliphatic rings. The number of fused-ring (bicyclic) bond motifs is 1. The zero-order chi connectivity index (χ0) is 9.97. The average molecular weight is 207 g/mol. The molecule has 1 heterocycles. The minimum absolute atomic E-state index is 0.552. The van der Waals surface area contributed by atoms with Gasteiger partial charge in [0.25, 0.3) is 0 Å². The van der Waals surface area contributed by atoms with Gasteiger partial charge in [0.05, 0.1) is 5.56 Å². The summed E-state index contributed by atoms with van der Waals surface area (Å²) < 4.78 is 10.8. The number of hydrogen-bond donors (Lipinski definition) is 0. The summed E-state index contributed by atoms with van der Waals surface area (Å²) in [4.78, 5) is 0.928. The van der Waals surface area contributed by atoms with E-state index in [0.29, 0.717) is 24.5 Å². The molecule has 0 saturated carbocycles. The van der Waals surface area contributed by atoms with Crippen molar-refractivity contribution in [3.8, 4) is 17.6 Å². The number of benzene rings is 1. The molecular weight excluding hydrogens is 198 g/mol. The number of nitrogens with zero attached hydrogens (tertiary/aromatic N) is 1. The highest BCUT2D eigenvalue weighted by Gasteiger charge is 2.14. The van der Waals surface area contributed by atoms with Crippen molar-refractivity contribution in [2.24, 2.45) is 0 Å². The summed E-state index contributed by atoms with van der Waals surface area (Å²) in [5, 5.41) is 8.89. The number of ether oxygens (including phenoxy) is 2. The fourth-order valence-corrected chi connectivity index (χ4v) is 1.88. The van der Waals surface area contributed by atoms with Gasteiger partial charge in [-0.25, -0.2) is 0 Å². The van der Waals surface area contributed by atoms with Gasteiger partial charge in [-0.05, 0) is 12.3 Å². The topological polar surface area (TPSA) is 42.2 Å². The van der Waals surface area contributed by atoms with Gasteiger partial charge in [-0.3, -0.25) is 0 Å². The van der Waals surface area contributed by atoms with Crippen LogP contribution >= 0.6 is 11.8 Å². The first-order chi connectivity index (χ1) is 6.85. The Balaban J connectivity index is 2.50. The van der Waals surface area contributed by atoms with Crippen LogP contribution in [-0.2, 0) is 0 Å². The summed E-state index contributed by atoms with van der Waals surface area (Å²) in [6, 6.07) is 5.74. The minimum atomic E-state index is 0.552. The van der Waals surface area contributed by atoms with E-state index >= 15 is 0 Å². The largest absolute Gasteiger partial charge is 0.486 e. The zero-order valence-electron chi connectivity index (χ0n) is 7.74. The molecule has 0 amide bonds. The molecule has 0 fully saturated rings. The first kappa shape index (κ1) is 9.22. The van der Waals surface area contributed by atoms with E-state index in [1.165, 1.54) is 11.8 Å². The Morgan fingerprint density at radius 1 is 1.29 bits per heavy atom. The molecule has 0 aromatic heterocycles. The second kappa shape index (κ2) is 3.81. The number of hydrogen-bond acceptors (Lipinski definition) is 4. The first-order valence-corrected chi connectivity index (χ1v) is 5.45. The lowest BCUT2D eigenvalue weighted by Crippen LogP contribution is -2.15. The molecule has 1 aliphatic heterocycles. The molecule has 0 aliphatic carbocycles. The lowest BCUT2D eigenvalue weighted by molar-refractivity contribution is 0.171. The third-order valence-corrected chi connectivity index (χ3v) is 2.76. The summed E-state index contributed by atoms with van der Waals surface area (Å²) in [6.07, 6.45) is 1.94. The molecule has 2 rings (SSSR count). The Morgan fingerprint density at radius 2 is 1.93 bits per heavy atom. The van der Waals surface area contributed by atoms with Gasteiger partial charge in [0.1, 0.15) is 19.3 Å². The van der Waals surface area contributed by atoms with Crippen LogP contribution in [-0.4, -0.2) is 19.5 Å². The maximum absolute atomic E-state index is 8.89. The molecule has 0 atom stereocenters. The van der Waals surface area contributed by atoms with Crippen LogP contribution in [0.25, 0.3) is 0 Å². The van der Waals surface area contributed by atoms with Gasteiger partial charge in [0.2, 0.25) is 0 Å². The van der Waals surface area contributed by atoms with Crippen molar-refractivity contribution in [2.45, 2.75) is 4.90 Å². The van der Waals surface area contributed by atoms with Crippen molar-refractivity contribution in [1.29, 1.82) is 5.26 Å². The highest BCUT2D eigenvalue weighted by atomic mass is 32.2. The molecule has 3 nitrogen and oxygen atoms in total. The standard InChI is InChI=1S/C10H9NO2S/c1-14-10-5-9-8(4-7(10)6-11)12-2-3-13-9/h4-5H,2-3H2,1H3. The van der Waals surface area contributed by atoms with E-state index in [0.717, 1.165) is 10.6 Å². The van der Waals surface area contributed by atoms with Gasteiger partial charge < -0.3 is 9.47 Å². The van der Waals surface area contributed by atoms with Gasteiger partial charge in [0.15, 0.2) is 11.5 Å². The lowest BCUT2D eigenvalue weighted by Gasteiger charge is -2.19. The van der Waals surface area contributed by atoms with Crippen LogP contribution in [0.15, 0.2) is 17.0 Å². The van der Waals surface area contributed by atoms with E-state index in [4.69, 9.17) is 14.7 Å². The van der Waals surface area contributed by atoms with Crippen LogP contribution in [0.2, 0.25) is 0 Å². The van der Waals surface area contributed by atoms with Crippen LogP contribution in [0.1, 0.15) is 5.56 Å². The van der Waals surface area contributed by atoms with Crippen molar-refractivity contribution in [1.82, 2.24) is 0 Å². The second-order valence-electron chi connectivity index (χ2n) is 2.81. The minimum Gasteiger partial charge on any atom is -0.486 e. The van der Waals surface area contributed by atoms with E-state index in [1.807, 2.05) is 12.3 Å². The van der Waals surface area contributed by atoms with Crippen molar-refractivity contribution >= 4 is 11.8 Å². The maximum Gasteiger partial charge on any atom is 0.162 e. The van der Waals surface area contributed by atoms with E-state index in [9.17, 15) is 0 Å². The lowest BCUT2D eigenvalue weighted by atomic mass is 10.2. The van der Waals surface area contributed by atoms with Crippen molar-refractivity contribution in [2.75, 3.05) is 19.5 Å². The smallest absolute Gasteiger partial charge is 0.162 e. The maximum atomic E-state index is 8.89. The van der Waals surface area contributed by atoms with Crippen LogP contribution in [0.5, 0.6) is 11.5 Å². The Kier molecular flexibility index (Phi) is 2.51. The van der Waals surface area contributed by atoms with E-state index < -0.39 is 0 Å². The highest BCUT2D eigenvalue weighted by Crippen LogP contribution is 2.36. The number of rotatable bonds is 1. The molecule has 0 N–H and O–H groups in total. The van der Waals surface area contributed by atoms with E-state index in [-0.39, 0.29) is 0 Å². The highest BCUT2D eigenvalue weighted by molar-refractivity contribution is 7.98. The second-order valence-corrected chi connectivity index (χ2v) is 3.66. The van der Waals surface area contributed by atoms with Gasteiger partial charge in [-0.1, -0.05) is 0 Å². The molecular formula is C10H9NO2S. The van der Waals surface area contributed by atoms with Crippen LogP contribution in [0, 0.1) is 11.3 Å². The Hall–Kier alpha value is -1.34. The molecule has 0 saturated heterocycles. The average Bonchev–Trinajstić information content (AvgIpc) is 2.27. The fraction of sp³-hybridized carbons (Fsp3) is 0.300. The predicted molar refractivity (Wildman–Crippen MR) is 53.9 cm³/mol. The number of nitriles is 1. The van der Waals surface area contributed by atoms with Gasteiger partial charge in [-0.2, -0.15) is 5.26 Å². The van der Waals surface area contributed by atoms with Crippen LogP contribution in [0.4, 0.5) is 0 Å². The van der Waals surface area contributed by atoms with Gasteiger partial charge >= 0.3 is 0 Å². The Labute approximate surface area is 86.6 Å². The molecule has 0 unspecified atom stereocenters. The fourth-order valence-electron chi connectivity index (χ4n) is 1.33. The first-order valence-electron chi connectivity index (χ1n) is 4.23. The summed E-state index contributed by atoms with van der Waals surface area (Å²) >= 11 is 1.53.